The number of hydrogen-bond donors (Lipinski definition) is 16. The van der Waals surface area contributed by atoms with E-state index in [1.54, 1.807) is 0 Å². The molecule has 2 unspecified atom stereocenters. The van der Waals surface area contributed by atoms with Crippen molar-refractivity contribution in [2.24, 2.45) is 0 Å². The molecule has 0 aliphatic carbocycles. The predicted molar refractivity (Wildman–Crippen MR) is 156 cm³/mol. The molecular formula is C23H47NO24P2. The molecule has 1 fully saturated rings. The summed E-state index contributed by atoms with van der Waals surface area (Å²) in [5, 5.41) is 129. The molecule has 50 heavy (non-hydrogen) atoms. The van der Waals surface area contributed by atoms with Gasteiger partial charge < -0.3 is 91.0 Å². The first-order chi connectivity index (χ1) is 23.1. The van der Waals surface area contributed by atoms with Crippen LogP contribution in [0.25, 0.3) is 0 Å². The van der Waals surface area contributed by atoms with Crippen LogP contribution in [-0.4, -0.2) is 214 Å². The quantitative estimate of drug-likeness (QED) is 0.0404. The summed E-state index contributed by atoms with van der Waals surface area (Å²) in [6, 6.07) is -1.67. The average molecular weight is 784 g/mol. The zero-order valence-electron chi connectivity index (χ0n) is 26.3. The highest BCUT2D eigenvalue weighted by Crippen LogP contribution is 2.45. The van der Waals surface area contributed by atoms with Crippen molar-refractivity contribution < 1.29 is 118 Å². The monoisotopic (exact) mass is 783 g/mol. The molecule has 25 nitrogen and oxygen atoms in total. The number of aliphatic hydroxyl groups excluding tert-OH is 13. The van der Waals surface area contributed by atoms with Gasteiger partial charge in [0.1, 0.15) is 79.3 Å². The van der Waals surface area contributed by atoms with Crippen LogP contribution in [0.2, 0.25) is 0 Å². The Morgan fingerprint density at radius 3 is 1.46 bits per heavy atom. The second-order valence-corrected chi connectivity index (χ2v) is 13.8. The molecule has 1 aliphatic rings. The van der Waals surface area contributed by atoms with Crippen molar-refractivity contribution in [3.05, 3.63) is 0 Å². The first-order valence-corrected chi connectivity index (χ1v) is 17.5. The summed E-state index contributed by atoms with van der Waals surface area (Å²) in [5.74, 6) is -0.815. The van der Waals surface area contributed by atoms with Crippen LogP contribution in [0.3, 0.4) is 0 Å². The largest absolute Gasteiger partial charge is 0.472 e. The lowest BCUT2D eigenvalue weighted by molar-refractivity contribution is -0.294. The van der Waals surface area contributed by atoms with Crippen molar-refractivity contribution in [2.75, 3.05) is 46.2 Å². The molecule has 0 spiro atoms. The van der Waals surface area contributed by atoms with Crippen molar-refractivity contribution >= 4 is 21.6 Å². The van der Waals surface area contributed by atoms with E-state index in [-0.39, 0.29) is 0 Å². The van der Waals surface area contributed by atoms with E-state index >= 15 is 0 Å². The van der Waals surface area contributed by atoms with Gasteiger partial charge in [0.05, 0.1) is 46.2 Å². The SMILES string of the molecule is CC(=O)N[C@H]1[C@@H](O[C@H](COP(=O)(O)OC[C@H](O)[C@H](O)[C@H](O)CO)[C@@H](O)[C@@H](O)COP(=O)(O)OC[C@@H](O)[C@@H](O)[C@@H](O)CO)O[C@H](CO)[C@@H](O)[C@@H]1O. The maximum Gasteiger partial charge on any atom is 0.472 e. The molecule has 27 heteroatoms. The van der Waals surface area contributed by atoms with Gasteiger partial charge in [0, 0.05) is 6.92 Å². The Bertz CT molecular complexity index is 1090. The van der Waals surface area contributed by atoms with Crippen LogP contribution in [0.5, 0.6) is 0 Å². The topological polar surface area (TPSA) is 422 Å². The summed E-state index contributed by atoms with van der Waals surface area (Å²) in [5.41, 5.74) is 0. The number of ether oxygens (including phenoxy) is 2. The van der Waals surface area contributed by atoms with Gasteiger partial charge >= 0.3 is 15.6 Å². The lowest BCUT2D eigenvalue weighted by Crippen LogP contribution is -2.65. The fraction of sp³-hybridized carbons (Fsp3) is 0.957. The fourth-order valence-electron chi connectivity index (χ4n) is 4.00. The molecule has 16 atom stereocenters. The maximum atomic E-state index is 12.5. The minimum Gasteiger partial charge on any atom is -0.394 e. The molecule has 0 saturated carbocycles. The van der Waals surface area contributed by atoms with Gasteiger partial charge in [-0.15, -0.1) is 0 Å². The summed E-state index contributed by atoms with van der Waals surface area (Å²) in [4.78, 5) is 31.7. The highest BCUT2D eigenvalue weighted by Gasteiger charge is 2.47. The minimum absolute atomic E-state index is 0.815. The van der Waals surface area contributed by atoms with Crippen LogP contribution in [0, 0.1) is 0 Å². The molecule has 0 aromatic carbocycles. The lowest BCUT2D eigenvalue weighted by atomic mass is 9.96. The highest BCUT2D eigenvalue weighted by molar-refractivity contribution is 7.47. The number of amides is 1. The first kappa shape index (κ1) is 47.1. The van der Waals surface area contributed by atoms with E-state index in [2.05, 4.69) is 18.9 Å². The number of aliphatic hydroxyl groups is 13. The van der Waals surface area contributed by atoms with Gasteiger partial charge in [-0.1, -0.05) is 0 Å². The molecular weight excluding hydrogens is 736 g/mol. The number of phosphoric ester groups is 2. The third kappa shape index (κ3) is 15.2. The van der Waals surface area contributed by atoms with E-state index in [1.165, 1.54) is 0 Å². The second-order valence-electron chi connectivity index (χ2n) is 10.9. The molecule has 0 bridgehead atoms. The van der Waals surface area contributed by atoms with E-state index in [0.29, 0.717) is 0 Å². The lowest BCUT2D eigenvalue weighted by Gasteiger charge is -2.43. The average Bonchev–Trinajstić information content (AvgIpc) is 3.07. The van der Waals surface area contributed by atoms with Crippen LogP contribution < -0.4 is 5.32 Å². The van der Waals surface area contributed by atoms with E-state index in [1.807, 2.05) is 0 Å². The van der Waals surface area contributed by atoms with Crippen molar-refractivity contribution in [1.29, 1.82) is 0 Å². The maximum absolute atomic E-state index is 12.5. The predicted octanol–water partition coefficient (Wildman–Crippen LogP) is -8.55. The van der Waals surface area contributed by atoms with E-state index in [9.17, 15) is 79.9 Å². The number of hydrogen-bond acceptors (Lipinski definition) is 22. The van der Waals surface area contributed by atoms with Crippen LogP contribution in [0.15, 0.2) is 0 Å². The van der Waals surface area contributed by atoms with Gasteiger partial charge in [0.15, 0.2) is 6.29 Å². The molecule has 0 aromatic rings. The Kier molecular flexibility index (Phi) is 20.5. The third-order valence-electron chi connectivity index (χ3n) is 6.91. The highest BCUT2D eigenvalue weighted by atomic mass is 31.2. The summed E-state index contributed by atoms with van der Waals surface area (Å²) < 4.78 is 53.8. The Balaban J connectivity index is 3.16. The van der Waals surface area contributed by atoms with Crippen LogP contribution in [0.4, 0.5) is 0 Å². The van der Waals surface area contributed by atoms with Crippen molar-refractivity contribution in [2.45, 2.75) is 92.5 Å². The Labute approximate surface area is 283 Å². The van der Waals surface area contributed by atoms with Gasteiger partial charge in [-0.25, -0.2) is 9.13 Å². The molecule has 16 N–H and O–H groups in total. The van der Waals surface area contributed by atoms with Gasteiger partial charge in [0.25, 0.3) is 0 Å². The zero-order chi connectivity index (χ0) is 38.6. The number of nitrogens with one attached hydrogen (secondary N) is 1. The van der Waals surface area contributed by atoms with Gasteiger partial charge in [-0.3, -0.25) is 22.9 Å². The van der Waals surface area contributed by atoms with E-state index in [0.717, 1.165) is 6.92 Å². The fourth-order valence-corrected chi connectivity index (χ4v) is 5.51. The summed E-state index contributed by atoms with van der Waals surface area (Å²) in [7, 11) is -10.5. The van der Waals surface area contributed by atoms with Crippen LogP contribution in [-0.2, 0) is 41.5 Å². The standard InChI is InChI=1S/C23H47NO24P2/c1-9(28)24-17-22(38)21(37)15(4-27)47-23(17)48-16(8-46-50(41,42)44-6-13(32)19(35)11(30)3-26)20(36)14(33)7-45-49(39,40)43-5-12(31)18(34)10(29)2-25/h10-23,25-27,29-38H,2-8H2,1H3,(H,24,28)(H,39,40)(H,41,42)/t10-,11+,12+,13-,14-,15+,16+,17+,18-,19+,20-,21+,22+,23+/m0/s1. The summed E-state index contributed by atoms with van der Waals surface area (Å²) in [6.45, 7) is -6.85. The van der Waals surface area contributed by atoms with Gasteiger partial charge in [-0.05, 0) is 0 Å². The minimum atomic E-state index is -5.30. The molecule has 0 aromatic heterocycles. The van der Waals surface area contributed by atoms with Crippen LogP contribution >= 0.6 is 15.6 Å². The third-order valence-corrected chi connectivity index (χ3v) is 8.81. The normalized spacial score (nSPS) is 29.3. The number of rotatable bonds is 24. The Morgan fingerprint density at radius 1 is 0.680 bits per heavy atom. The summed E-state index contributed by atoms with van der Waals surface area (Å²) >= 11 is 0. The number of carbonyl (C=O) groups is 1. The first-order valence-electron chi connectivity index (χ1n) is 14.6. The van der Waals surface area contributed by atoms with Crippen molar-refractivity contribution in [3.8, 4) is 0 Å². The van der Waals surface area contributed by atoms with E-state index in [4.69, 9.17) is 24.2 Å². The zero-order valence-corrected chi connectivity index (χ0v) is 28.1. The molecule has 1 rings (SSSR count). The number of phosphoric acid groups is 2. The van der Waals surface area contributed by atoms with E-state index < -0.39 is 153 Å². The molecule has 1 heterocycles. The van der Waals surface area contributed by atoms with Gasteiger partial charge in [-0.2, -0.15) is 0 Å². The molecule has 1 aliphatic heterocycles. The molecule has 1 amide bonds. The second kappa shape index (κ2) is 21.7. The number of carbonyl (C=O) groups excluding carboxylic acids is 1. The Morgan fingerprint density at radius 2 is 1.08 bits per heavy atom. The van der Waals surface area contributed by atoms with Crippen molar-refractivity contribution in [1.82, 2.24) is 5.32 Å². The molecule has 1 saturated heterocycles. The molecule has 0 radical (unpaired) electrons. The van der Waals surface area contributed by atoms with Crippen LogP contribution in [0.1, 0.15) is 6.92 Å². The Hall–Kier alpha value is -0.910. The van der Waals surface area contributed by atoms with Gasteiger partial charge in [0.2, 0.25) is 5.91 Å². The van der Waals surface area contributed by atoms with Crippen molar-refractivity contribution in [3.63, 3.8) is 0 Å². The summed E-state index contributed by atoms with van der Waals surface area (Å²) in [6.07, 6.45) is -25.9. The molecule has 298 valence electrons. The smallest absolute Gasteiger partial charge is 0.394 e.